The molecule has 0 spiro atoms. The fourth-order valence-corrected chi connectivity index (χ4v) is 6.61. The Morgan fingerprint density at radius 3 is 1.91 bits per heavy atom. The zero-order chi connectivity index (χ0) is 39.2. The van der Waals surface area contributed by atoms with Crippen LogP contribution in [0.25, 0.3) is 0 Å². The van der Waals surface area contributed by atoms with E-state index >= 15 is 0 Å². The van der Waals surface area contributed by atoms with Crippen LogP contribution in [0.2, 0.25) is 0 Å². The highest BCUT2D eigenvalue weighted by atomic mass is 32.1. The Morgan fingerprint density at radius 2 is 1.30 bits per heavy atom. The van der Waals surface area contributed by atoms with E-state index in [2.05, 4.69) is 72.7 Å². The van der Waals surface area contributed by atoms with Crippen LogP contribution in [0.3, 0.4) is 0 Å². The summed E-state index contributed by atoms with van der Waals surface area (Å²) in [5, 5.41) is 42.4. The minimum absolute atomic E-state index is 0.0510. The van der Waals surface area contributed by atoms with Gasteiger partial charge in [0, 0.05) is 109 Å². The van der Waals surface area contributed by atoms with Gasteiger partial charge < -0.3 is 58.7 Å². The van der Waals surface area contributed by atoms with Crippen LogP contribution in [0.15, 0.2) is 24.3 Å². The molecule has 2 aliphatic heterocycles. The Kier molecular flexibility index (Phi) is 20.0. The lowest BCUT2D eigenvalue weighted by Crippen LogP contribution is -2.70. The highest BCUT2D eigenvalue weighted by Crippen LogP contribution is 2.12. The SMILES string of the molecule is CC12CNCCNCC(NC(=O)CCCC(=O)NC(Cc3ccc(O)cc3)C(=O)NCCCCCC(=O)NC(CS)C(N)=O)(CNCCNC1)NCCN2. The van der Waals surface area contributed by atoms with E-state index in [-0.39, 0.29) is 72.8 Å². The maximum atomic E-state index is 13.3. The van der Waals surface area contributed by atoms with Gasteiger partial charge in [0.15, 0.2) is 0 Å². The van der Waals surface area contributed by atoms with E-state index in [0.29, 0.717) is 52.0 Å². The van der Waals surface area contributed by atoms with Crippen molar-refractivity contribution in [2.75, 3.05) is 77.7 Å². The first-order valence-electron chi connectivity index (χ1n) is 19.1. The van der Waals surface area contributed by atoms with E-state index < -0.39 is 23.7 Å². The van der Waals surface area contributed by atoms with Gasteiger partial charge in [0.25, 0.3) is 0 Å². The van der Waals surface area contributed by atoms with Gasteiger partial charge in [0.1, 0.15) is 23.5 Å². The third kappa shape index (κ3) is 17.3. The van der Waals surface area contributed by atoms with Crippen molar-refractivity contribution in [1.29, 1.82) is 0 Å². The van der Waals surface area contributed by atoms with Gasteiger partial charge in [-0.1, -0.05) is 18.6 Å². The van der Waals surface area contributed by atoms with Crippen molar-refractivity contribution in [3.05, 3.63) is 29.8 Å². The van der Waals surface area contributed by atoms with Gasteiger partial charge in [-0.15, -0.1) is 0 Å². The normalized spacial score (nSPS) is 22.3. The molecule has 2 atom stereocenters. The average Bonchev–Trinajstić information content (AvgIpc) is 3.13. The Balaban J connectivity index is 1.50. The van der Waals surface area contributed by atoms with Crippen molar-refractivity contribution < 1.29 is 29.1 Å². The molecule has 2 fully saturated rings. The van der Waals surface area contributed by atoms with Crippen LogP contribution in [0.4, 0.5) is 0 Å². The lowest BCUT2D eigenvalue weighted by molar-refractivity contribution is -0.129. The van der Waals surface area contributed by atoms with Crippen molar-refractivity contribution in [2.24, 2.45) is 5.73 Å². The number of hydrogen-bond donors (Lipinski definition) is 13. The van der Waals surface area contributed by atoms with Crippen molar-refractivity contribution in [2.45, 2.75) is 81.6 Å². The van der Waals surface area contributed by atoms with Crippen molar-refractivity contribution >= 4 is 42.2 Å². The molecule has 0 aliphatic carbocycles. The van der Waals surface area contributed by atoms with E-state index in [4.69, 9.17) is 5.73 Å². The number of amides is 5. The van der Waals surface area contributed by atoms with Crippen LogP contribution in [-0.2, 0) is 30.4 Å². The predicted molar refractivity (Wildman–Crippen MR) is 211 cm³/mol. The zero-order valence-corrected chi connectivity index (χ0v) is 32.5. The number of nitrogens with two attached hydrogens (primary N) is 1. The van der Waals surface area contributed by atoms with Gasteiger partial charge in [-0.3, -0.25) is 29.3 Å². The first-order valence-corrected chi connectivity index (χ1v) is 19.7. The molecular weight excluding hydrogens is 715 g/mol. The lowest BCUT2D eigenvalue weighted by atomic mass is 10.0. The Hall–Kier alpha value is -3.52. The number of carbonyl (C=O) groups is 5. The summed E-state index contributed by atoms with van der Waals surface area (Å²) < 4.78 is 0. The Morgan fingerprint density at radius 1 is 0.741 bits per heavy atom. The second kappa shape index (κ2) is 24.1. The number of phenols is 1. The number of hydrogen-bond acceptors (Lipinski definition) is 13. The van der Waals surface area contributed by atoms with Gasteiger partial charge in [-0.2, -0.15) is 12.6 Å². The second-order valence-electron chi connectivity index (χ2n) is 14.4. The van der Waals surface area contributed by atoms with E-state index in [1.807, 2.05) is 0 Å². The van der Waals surface area contributed by atoms with Gasteiger partial charge in [0.2, 0.25) is 29.5 Å². The minimum Gasteiger partial charge on any atom is -0.508 e. The minimum atomic E-state index is -0.874. The number of unbranched alkanes of at least 4 members (excludes halogenated alkanes) is 2. The number of thiol groups is 1. The molecule has 2 aliphatic rings. The topological polar surface area (TPSA) is 252 Å². The van der Waals surface area contributed by atoms with E-state index in [9.17, 15) is 29.1 Å². The largest absolute Gasteiger partial charge is 0.508 e. The molecule has 304 valence electrons. The maximum absolute atomic E-state index is 13.3. The molecule has 17 nitrogen and oxygen atoms in total. The second-order valence-corrected chi connectivity index (χ2v) is 14.8. The molecule has 3 rings (SSSR count). The molecule has 5 amide bonds. The third-order valence-corrected chi connectivity index (χ3v) is 9.80. The van der Waals surface area contributed by atoms with Crippen molar-refractivity contribution in [1.82, 2.24) is 53.2 Å². The van der Waals surface area contributed by atoms with Gasteiger partial charge >= 0.3 is 0 Å². The number of primary amides is 1. The maximum Gasteiger partial charge on any atom is 0.242 e. The van der Waals surface area contributed by atoms with Gasteiger partial charge in [-0.05, 0) is 43.9 Å². The number of nitrogens with one attached hydrogen (secondary N) is 10. The summed E-state index contributed by atoms with van der Waals surface area (Å²) >= 11 is 4.02. The third-order valence-electron chi connectivity index (χ3n) is 9.44. The fraction of sp³-hybridized carbons (Fsp3) is 0.694. The highest BCUT2D eigenvalue weighted by Gasteiger charge is 2.32. The number of phenolic OH excluding ortho intramolecular Hbond substituents is 1. The molecule has 2 saturated heterocycles. The highest BCUT2D eigenvalue weighted by molar-refractivity contribution is 7.80. The Bertz CT molecular complexity index is 1320. The zero-order valence-electron chi connectivity index (χ0n) is 31.6. The summed E-state index contributed by atoms with van der Waals surface area (Å²) in [5.74, 6) is -1.62. The fourth-order valence-electron chi connectivity index (χ4n) is 6.34. The molecule has 1 aromatic carbocycles. The quantitative estimate of drug-likeness (QED) is 0.0538. The molecule has 1 aromatic rings. The average molecular weight is 778 g/mol. The monoisotopic (exact) mass is 777 g/mol. The first-order chi connectivity index (χ1) is 25.9. The smallest absolute Gasteiger partial charge is 0.242 e. The predicted octanol–water partition coefficient (Wildman–Crippen LogP) is -2.70. The molecule has 2 heterocycles. The molecule has 0 saturated carbocycles. The molecule has 0 radical (unpaired) electrons. The lowest BCUT2D eigenvalue weighted by Gasteiger charge is -2.39. The molecule has 18 heteroatoms. The van der Waals surface area contributed by atoms with Crippen molar-refractivity contribution in [3.63, 3.8) is 0 Å². The summed E-state index contributed by atoms with van der Waals surface area (Å²) in [6.45, 7) is 9.60. The van der Waals surface area contributed by atoms with Crippen LogP contribution in [0.5, 0.6) is 5.75 Å². The first kappa shape index (κ1) is 44.9. The number of aromatic hydroxyl groups is 1. The summed E-state index contributed by atoms with van der Waals surface area (Å²) in [7, 11) is 0. The molecule has 2 unspecified atom stereocenters. The summed E-state index contributed by atoms with van der Waals surface area (Å²) in [6, 6.07) is 4.74. The number of fused-ring (bicyclic) bond motifs is 5. The summed E-state index contributed by atoms with van der Waals surface area (Å²) in [4.78, 5) is 63.1. The standard InChI is InChI=1S/C36H63N11O6S/c1-35-22-38-14-16-40-24-36(44-19-18-43-35,25-41-17-15-39-23-35)47-32(51)8-5-7-31(50)45-28(20-26-9-11-27(48)12-10-26)34(53)42-13-4-2-3-6-30(49)46-29(21-54)33(37)52/h9-12,28-29,38-41,43-44,48,54H,2-8,13-25H2,1H3,(H2,37,52)(H,42,53)(H,45,50)(H,46,49)(H,47,51). The van der Waals surface area contributed by atoms with Crippen LogP contribution in [0, 0.1) is 0 Å². The van der Waals surface area contributed by atoms with Crippen molar-refractivity contribution in [3.8, 4) is 5.75 Å². The van der Waals surface area contributed by atoms with Gasteiger partial charge in [-0.25, -0.2) is 0 Å². The molecule has 2 bridgehead atoms. The molecular formula is C36H63N11O6S. The van der Waals surface area contributed by atoms with E-state index in [1.165, 1.54) is 12.1 Å². The Labute approximate surface area is 324 Å². The molecule has 54 heavy (non-hydrogen) atoms. The van der Waals surface area contributed by atoms with Crippen LogP contribution in [-0.4, -0.2) is 136 Å². The summed E-state index contributed by atoms with van der Waals surface area (Å²) in [5.41, 5.74) is 5.13. The van der Waals surface area contributed by atoms with E-state index in [0.717, 1.165) is 44.8 Å². The summed E-state index contributed by atoms with van der Waals surface area (Å²) in [6.07, 6.45) is 2.69. The van der Waals surface area contributed by atoms with Crippen LogP contribution in [0.1, 0.15) is 57.4 Å². The van der Waals surface area contributed by atoms with E-state index in [1.54, 1.807) is 12.1 Å². The van der Waals surface area contributed by atoms with Gasteiger partial charge in [0.05, 0.1) is 0 Å². The number of rotatable bonds is 18. The number of benzene rings is 1. The van der Waals surface area contributed by atoms with Crippen LogP contribution >= 0.6 is 12.6 Å². The molecule has 13 N–H and O–H groups in total. The number of carbonyl (C=O) groups excluding carboxylic acids is 5. The van der Waals surface area contributed by atoms with Crippen LogP contribution < -0.4 is 58.9 Å². The molecule has 0 aromatic heterocycles.